The molecule has 1 N–H and O–H groups in total. The number of hydrogen-bond acceptors (Lipinski definition) is 4. The number of rotatable bonds is 3. The van der Waals surface area contributed by atoms with Gasteiger partial charge in [0, 0.05) is 17.6 Å². The fourth-order valence-electron chi connectivity index (χ4n) is 1.94. The monoisotopic (exact) mass is 353 g/mol. The third-order valence-corrected chi connectivity index (χ3v) is 7.40. The number of halogens is 1. The highest BCUT2D eigenvalue weighted by atomic mass is 79.9. The lowest BCUT2D eigenvalue weighted by molar-refractivity contribution is -0.142. The Balaban J connectivity index is 2.26. The van der Waals surface area contributed by atoms with Gasteiger partial charge in [0.25, 0.3) is 10.0 Å². The second kappa shape index (κ2) is 5.28. The summed E-state index contributed by atoms with van der Waals surface area (Å²) in [7, 11) is -3.57. The molecule has 0 aromatic carbocycles. The van der Waals surface area contributed by atoms with Crippen LogP contribution in [0.5, 0.6) is 0 Å². The predicted octanol–water partition coefficient (Wildman–Crippen LogP) is 2.00. The molecule has 1 aromatic rings. The molecule has 1 aliphatic heterocycles. The molecule has 0 bridgehead atoms. The Morgan fingerprint density at radius 2 is 2.28 bits per heavy atom. The highest BCUT2D eigenvalue weighted by Gasteiger charge is 2.34. The molecule has 18 heavy (non-hydrogen) atoms. The smallest absolute Gasteiger partial charge is 0.307 e. The first-order chi connectivity index (χ1) is 8.43. The fourth-order valence-corrected chi connectivity index (χ4v) is 5.92. The Bertz CT molecular complexity index is 554. The minimum absolute atomic E-state index is 0.0575. The van der Waals surface area contributed by atoms with Crippen LogP contribution in [-0.2, 0) is 14.8 Å². The van der Waals surface area contributed by atoms with E-state index in [1.165, 1.54) is 4.31 Å². The minimum atomic E-state index is -3.57. The Hall–Kier alpha value is -0.440. The van der Waals surface area contributed by atoms with Crippen LogP contribution in [0.1, 0.15) is 12.8 Å². The van der Waals surface area contributed by atoms with Gasteiger partial charge in [0.2, 0.25) is 0 Å². The molecule has 1 atom stereocenters. The summed E-state index contributed by atoms with van der Waals surface area (Å²) >= 11 is 4.34. The summed E-state index contributed by atoms with van der Waals surface area (Å²) in [6, 6.07) is 1.68. The van der Waals surface area contributed by atoms with Gasteiger partial charge in [-0.2, -0.15) is 4.31 Å². The molecule has 2 heterocycles. The average Bonchev–Trinajstić information content (AvgIpc) is 2.76. The van der Waals surface area contributed by atoms with Crippen LogP contribution in [0.2, 0.25) is 0 Å². The molecule has 2 rings (SSSR count). The number of nitrogens with zero attached hydrogens (tertiary/aromatic N) is 1. The van der Waals surface area contributed by atoms with Crippen LogP contribution in [0, 0.1) is 5.92 Å². The number of sulfonamides is 1. The van der Waals surface area contributed by atoms with E-state index in [-0.39, 0.29) is 10.8 Å². The van der Waals surface area contributed by atoms with Gasteiger partial charge in [-0.3, -0.25) is 4.79 Å². The van der Waals surface area contributed by atoms with Crippen molar-refractivity contribution >= 4 is 43.3 Å². The number of carboxylic acid groups (broad SMARTS) is 1. The zero-order valence-electron chi connectivity index (χ0n) is 9.37. The molecule has 1 saturated heterocycles. The number of aliphatic carboxylic acids is 1. The molecule has 8 heteroatoms. The molecule has 1 aliphatic rings. The lowest BCUT2D eigenvalue weighted by Crippen LogP contribution is -2.42. The lowest BCUT2D eigenvalue weighted by Gasteiger charge is -2.29. The van der Waals surface area contributed by atoms with E-state index in [2.05, 4.69) is 15.9 Å². The summed E-state index contributed by atoms with van der Waals surface area (Å²) in [4.78, 5) is 11.0. The molecule has 0 unspecified atom stereocenters. The van der Waals surface area contributed by atoms with Crippen molar-refractivity contribution < 1.29 is 18.3 Å². The van der Waals surface area contributed by atoms with Crippen LogP contribution >= 0.6 is 27.3 Å². The number of carboxylic acids is 1. The number of hydrogen-bond donors (Lipinski definition) is 1. The zero-order valence-corrected chi connectivity index (χ0v) is 12.6. The second-order valence-corrected chi connectivity index (χ2v) is 8.00. The highest BCUT2D eigenvalue weighted by molar-refractivity contribution is 9.10. The molecule has 5 nitrogen and oxygen atoms in total. The summed E-state index contributed by atoms with van der Waals surface area (Å²) in [6.07, 6.45) is 1.12. The molecule has 0 saturated carbocycles. The normalized spacial score (nSPS) is 21.9. The van der Waals surface area contributed by atoms with Crippen LogP contribution in [0.4, 0.5) is 0 Å². The van der Waals surface area contributed by atoms with Gasteiger partial charge < -0.3 is 5.11 Å². The van der Waals surface area contributed by atoms with E-state index in [1.54, 1.807) is 11.4 Å². The molecular weight excluding hydrogens is 342 g/mol. The summed E-state index contributed by atoms with van der Waals surface area (Å²) in [5.41, 5.74) is 0. The van der Waals surface area contributed by atoms with Gasteiger partial charge in [-0.05, 0) is 40.2 Å². The molecule has 0 amide bonds. The Morgan fingerprint density at radius 3 is 2.83 bits per heavy atom. The van der Waals surface area contributed by atoms with Crippen molar-refractivity contribution in [2.45, 2.75) is 17.1 Å². The van der Waals surface area contributed by atoms with Crippen molar-refractivity contribution in [2.75, 3.05) is 13.1 Å². The molecule has 100 valence electrons. The van der Waals surface area contributed by atoms with E-state index < -0.39 is 21.9 Å². The number of piperidine rings is 1. The van der Waals surface area contributed by atoms with Gasteiger partial charge in [0.1, 0.15) is 4.21 Å². The van der Waals surface area contributed by atoms with Gasteiger partial charge in [0.15, 0.2) is 0 Å². The highest BCUT2D eigenvalue weighted by Crippen LogP contribution is 2.32. The van der Waals surface area contributed by atoms with Crippen molar-refractivity contribution in [3.8, 4) is 0 Å². The van der Waals surface area contributed by atoms with Gasteiger partial charge in [-0.25, -0.2) is 8.42 Å². The quantitative estimate of drug-likeness (QED) is 0.901. The van der Waals surface area contributed by atoms with Gasteiger partial charge in [0.05, 0.1) is 5.92 Å². The van der Waals surface area contributed by atoms with Crippen LogP contribution in [0.15, 0.2) is 20.1 Å². The Morgan fingerprint density at radius 1 is 1.56 bits per heavy atom. The number of thiophene rings is 1. The minimum Gasteiger partial charge on any atom is -0.481 e. The molecule has 0 radical (unpaired) electrons. The van der Waals surface area contributed by atoms with Crippen molar-refractivity contribution in [2.24, 2.45) is 5.92 Å². The maximum atomic E-state index is 12.4. The van der Waals surface area contributed by atoms with Gasteiger partial charge in [-0.1, -0.05) is 0 Å². The topological polar surface area (TPSA) is 74.7 Å². The Labute approximate surface area is 118 Å². The van der Waals surface area contributed by atoms with Crippen LogP contribution < -0.4 is 0 Å². The summed E-state index contributed by atoms with van der Waals surface area (Å²) in [5, 5.41) is 10.7. The van der Waals surface area contributed by atoms with Crippen molar-refractivity contribution in [3.05, 3.63) is 15.9 Å². The zero-order chi connectivity index (χ0) is 13.3. The first-order valence-electron chi connectivity index (χ1n) is 5.39. The Kier molecular flexibility index (Phi) is 4.10. The third kappa shape index (κ3) is 2.61. The fraction of sp³-hybridized carbons (Fsp3) is 0.500. The maximum Gasteiger partial charge on any atom is 0.307 e. The summed E-state index contributed by atoms with van der Waals surface area (Å²) in [6.45, 7) is 0.443. The molecule has 0 spiro atoms. The standard InChI is InChI=1S/C10H12BrNO4S2/c11-8-3-5-17-10(8)18(15,16)12-4-1-2-7(6-12)9(13)14/h3,5,7H,1-2,4,6H2,(H,13,14)/t7-/m0/s1. The third-order valence-electron chi connectivity index (χ3n) is 2.89. The summed E-state index contributed by atoms with van der Waals surface area (Å²) < 4.78 is 26.7. The van der Waals surface area contributed by atoms with E-state index in [0.717, 1.165) is 11.3 Å². The SMILES string of the molecule is O=C(O)[C@H]1CCCN(S(=O)(=O)c2sccc2Br)C1. The van der Waals surface area contributed by atoms with Crippen molar-refractivity contribution in [3.63, 3.8) is 0 Å². The molecule has 1 aromatic heterocycles. The van der Waals surface area contributed by atoms with Crippen LogP contribution in [0.3, 0.4) is 0 Å². The number of carbonyl (C=O) groups is 1. The molecular formula is C10H12BrNO4S2. The first kappa shape index (κ1) is 14.0. The average molecular weight is 354 g/mol. The van der Waals surface area contributed by atoms with E-state index in [9.17, 15) is 13.2 Å². The van der Waals surface area contributed by atoms with Crippen molar-refractivity contribution in [1.29, 1.82) is 0 Å². The van der Waals surface area contributed by atoms with Crippen LogP contribution in [-0.4, -0.2) is 36.9 Å². The van der Waals surface area contributed by atoms with Gasteiger partial charge in [-0.15, -0.1) is 11.3 Å². The summed E-state index contributed by atoms with van der Waals surface area (Å²) in [5.74, 6) is -1.53. The maximum absolute atomic E-state index is 12.4. The predicted molar refractivity (Wildman–Crippen MR) is 71.1 cm³/mol. The van der Waals surface area contributed by atoms with Gasteiger partial charge >= 0.3 is 5.97 Å². The van der Waals surface area contributed by atoms with Crippen LogP contribution in [0.25, 0.3) is 0 Å². The van der Waals surface area contributed by atoms with E-state index in [1.807, 2.05) is 0 Å². The molecule has 1 fully saturated rings. The second-order valence-electron chi connectivity index (χ2n) is 4.10. The molecule has 0 aliphatic carbocycles. The van der Waals surface area contributed by atoms with E-state index in [0.29, 0.717) is 23.9 Å². The lowest BCUT2D eigenvalue weighted by atomic mass is 10.0. The van der Waals surface area contributed by atoms with E-state index in [4.69, 9.17) is 5.11 Å². The van der Waals surface area contributed by atoms with Crippen molar-refractivity contribution in [1.82, 2.24) is 4.31 Å². The first-order valence-corrected chi connectivity index (χ1v) is 8.50. The largest absolute Gasteiger partial charge is 0.481 e. The van der Waals surface area contributed by atoms with E-state index >= 15 is 0 Å².